The Balaban J connectivity index is 2.98. The van der Waals surface area contributed by atoms with Gasteiger partial charge < -0.3 is 4.98 Å². The molecule has 46 valence electrons. The van der Waals surface area contributed by atoms with Crippen molar-refractivity contribution in [2.45, 2.75) is 0 Å². The first-order chi connectivity index (χ1) is 4.36. The van der Waals surface area contributed by atoms with Crippen LogP contribution in [-0.2, 0) is 0 Å². The molecule has 0 saturated heterocycles. The van der Waals surface area contributed by atoms with Crippen molar-refractivity contribution in [2.75, 3.05) is 0 Å². The Morgan fingerprint density at radius 1 is 1.11 bits per heavy atom. The molecule has 1 nitrogen and oxygen atoms in total. The largest absolute Gasteiger partial charge is 0.356 e. The van der Waals surface area contributed by atoms with Gasteiger partial charge in [0.15, 0.2) is 0 Å². The van der Waals surface area contributed by atoms with E-state index in [1.54, 1.807) is 12.2 Å². The summed E-state index contributed by atoms with van der Waals surface area (Å²) in [5.41, 5.74) is 2.06. The van der Waals surface area contributed by atoms with Crippen molar-refractivity contribution in [3.8, 4) is 0 Å². The van der Waals surface area contributed by atoms with Crippen LogP contribution in [0.3, 0.4) is 0 Å². The van der Waals surface area contributed by atoms with Crippen molar-refractivity contribution in [2.24, 2.45) is 0 Å². The lowest BCUT2D eigenvalue weighted by Crippen LogP contribution is -1.69. The van der Waals surface area contributed by atoms with Gasteiger partial charge in [-0.1, -0.05) is 13.2 Å². The standard InChI is InChI=1S/C8H9N/c1-3-7-5-6-8(4-2)9-7/h3-6,9H,1-2H2. The number of nitrogens with one attached hydrogen (secondary N) is 1. The van der Waals surface area contributed by atoms with Crippen molar-refractivity contribution in [1.82, 2.24) is 4.98 Å². The summed E-state index contributed by atoms with van der Waals surface area (Å²) in [5.74, 6) is 0. The number of aromatic nitrogens is 1. The molecule has 0 fully saturated rings. The normalized spacial score (nSPS) is 8.89. The molecule has 0 bridgehead atoms. The van der Waals surface area contributed by atoms with E-state index in [4.69, 9.17) is 0 Å². The summed E-state index contributed by atoms with van der Waals surface area (Å²) in [4.78, 5) is 3.08. The Labute approximate surface area is 54.7 Å². The minimum absolute atomic E-state index is 1.03. The van der Waals surface area contributed by atoms with Crippen LogP contribution in [0.4, 0.5) is 0 Å². The molecular formula is C8H9N. The Morgan fingerprint density at radius 2 is 1.56 bits per heavy atom. The summed E-state index contributed by atoms with van der Waals surface area (Å²) >= 11 is 0. The fraction of sp³-hybridized carbons (Fsp3) is 0. The van der Waals surface area contributed by atoms with Crippen molar-refractivity contribution in [3.05, 3.63) is 36.7 Å². The third-order valence-electron chi connectivity index (χ3n) is 1.17. The molecule has 1 aromatic heterocycles. The highest BCUT2D eigenvalue weighted by Crippen LogP contribution is 2.02. The lowest BCUT2D eigenvalue weighted by molar-refractivity contribution is 1.35. The first-order valence-electron chi connectivity index (χ1n) is 2.80. The summed E-state index contributed by atoms with van der Waals surface area (Å²) in [5, 5.41) is 0. The maximum Gasteiger partial charge on any atom is 0.0379 e. The molecule has 0 spiro atoms. The molecule has 0 unspecified atom stereocenters. The van der Waals surface area contributed by atoms with E-state index in [0.29, 0.717) is 0 Å². The predicted octanol–water partition coefficient (Wildman–Crippen LogP) is 2.30. The first-order valence-corrected chi connectivity index (χ1v) is 2.80. The second-order valence-electron chi connectivity index (χ2n) is 1.78. The number of H-pyrrole nitrogens is 1. The Bertz CT molecular complexity index is 198. The van der Waals surface area contributed by atoms with Crippen molar-refractivity contribution in [3.63, 3.8) is 0 Å². The molecule has 0 atom stereocenters. The van der Waals surface area contributed by atoms with E-state index in [0.717, 1.165) is 11.4 Å². The van der Waals surface area contributed by atoms with E-state index in [1.807, 2.05) is 12.1 Å². The molecule has 1 rings (SSSR count). The van der Waals surface area contributed by atoms with Crippen LogP contribution in [-0.4, -0.2) is 4.98 Å². The van der Waals surface area contributed by atoms with Crippen LogP contribution in [0, 0.1) is 0 Å². The highest BCUT2D eigenvalue weighted by molar-refractivity contribution is 5.50. The van der Waals surface area contributed by atoms with Crippen LogP contribution in [0.1, 0.15) is 11.4 Å². The van der Waals surface area contributed by atoms with Crippen LogP contribution in [0.15, 0.2) is 25.3 Å². The zero-order chi connectivity index (χ0) is 6.69. The summed E-state index contributed by atoms with van der Waals surface area (Å²) in [6.07, 6.45) is 3.54. The molecule has 1 heterocycles. The zero-order valence-corrected chi connectivity index (χ0v) is 5.22. The topological polar surface area (TPSA) is 15.8 Å². The average Bonchev–Trinajstić information content (AvgIpc) is 2.34. The van der Waals surface area contributed by atoms with Gasteiger partial charge in [-0.3, -0.25) is 0 Å². The Kier molecular flexibility index (Phi) is 1.54. The third-order valence-corrected chi connectivity index (χ3v) is 1.17. The molecule has 1 heteroatoms. The summed E-state index contributed by atoms with van der Waals surface area (Å²) in [6, 6.07) is 3.92. The second-order valence-corrected chi connectivity index (χ2v) is 1.78. The molecule has 0 saturated carbocycles. The number of rotatable bonds is 2. The van der Waals surface area contributed by atoms with Crippen LogP contribution >= 0.6 is 0 Å². The van der Waals surface area contributed by atoms with Crippen molar-refractivity contribution >= 4 is 12.2 Å². The van der Waals surface area contributed by atoms with Gasteiger partial charge in [0.2, 0.25) is 0 Å². The van der Waals surface area contributed by atoms with E-state index < -0.39 is 0 Å². The van der Waals surface area contributed by atoms with Gasteiger partial charge in [0, 0.05) is 11.4 Å². The summed E-state index contributed by atoms with van der Waals surface area (Å²) in [6.45, 7) is 7.23. The van der Waals surface area contributed by atoms with E-state index >= 15 is 0 Å². The summed E-state index contributed by atoms with van der Waals surface area (Å²) in [7, 11) is 0. The van der Waals surface area contributed by atoms with Gasteiger partial charge in [0.1, 0.15) is 0 Å². The highest BCUT2D eigenvalue weighted by Gasteiger charge is 1.87. The number of aromatic amines is 1. The van der Waals surface area contributed by atoms with Crippen molar-refractivity contribution in [1.29, 1.82) is 0 Å². The van der Waals surface area contributed by atoms with Gasteiger partial charge >= 0.3 is 0 Å². The molecule has 0 aliphatic rings. The Morgan fingerprint density at radius 3 is 1.78 bits per heavy atom. The fourth-order valence-corrected chi connectivity index (χ4v) is 0.668. The maximum atomic E-state index is 3.61. The van der Waals surface area contributed by atoms with E-state index in [2.05, 4.69) is 18.1 Å². The van der Waals surface area contributed by atoms with Gasteiger partial charge in [-0.25, -0.2) is 0 Å². The lowest BCUT2D eigenvalue weighted by Gasteiger charge is -1.81. The molecular weight excluding hydrogens is 110 g/mol. The Hall–Kier alpha value is -1.24. The predicted molar refractivity (Wildman–Crippen MR) is 41.0 cm³/mol. The number of hydrogen-bond acceptors (Lipinski definition) is 0. The molecule has 0 aliphatic carbocycles. The molecule has 0 aromatic carbocycles. The maximum absolute atomic E-state index is 3.61. The zero-order valence-electron chi connectivity index (χ0n) is 5.22. The van der Waals surface area contributed by atoms with E-state index in [1.165, 1.54) is 0 Å². The minimum Gasteiger partial charge on any atom is -0.356 e. The van der Waals surface area contributed by atoms with Crippen molar-refractivity contribution < 1.29 is 0 Å². The van der Waals surface area contributed by atoms with E-state index in [9.17, 15) is 0 Å². The number of hydrogen-bond donors (Lipinski definition) is 1. The van der Waals surface area contributed by atoms with Crippen LogP contribution in [0.2, 0.25) is 0 Å². The quantitative estimate of drug-likeness (QED) is 0.614. The lowest BCUT2D eigenvalue weighted by atomic mass is 10.4. The van der Waals surface area contributed by atoms with Crippen LogP contribution < -0.4 is 0 Å². The smallest absolute Gasteiger partial charge is 0.0379 e. The molecule has 1 N–H and O–H groups in total. The van der Waals surface area contributed by atoms with Gasteiger partial charge in [-0.2, -0.15) is 0 Å². The molecule has 9 heavy (non-hydrogen) atoms. The fourth-order valence-electron chi connectivity index (χ4n) is 0.668. The molecule has 0 radical (unpaired) electrons. The monoisotopic (exact) mass is 119 g/mol. The van der Waals surface area contributed by atoms with Gasteiger partial charge in [-0.15, -0.1) is 0 Å². The third kappa shape index (κ3) is 1.11. The van der Waals surface area contributed by atoms with E-state index in [-0.39, 0.29) is 0 Å². The second kappa shape index (κ2) is 2.35. The molecule has 0 amide bonds. The molecule has 0 aliphatic heterocycles. The minimum atomic E-state index is 1.03. The summed E-state index contributed by atoms with van der Waals surface area (Å²) < 4.78 is 0. The molecule has 1 aromatic rings. The SMILES string of the molecule is C=Cc1ccc(C=C)[nH]1. The van der Waals surface area contributed by atoms with Gasteiger partial charge in [-0.05, 0) is 24.3 Å². The van der Waals surface area contributed by atoms with Crippen LogP contribution in [0.25, 0.3) is 12.2 Å². The van der Waals surface area contributed by atoms with Gasteiger partial charge in [0.25, 0.3) is 0 Å². The van der Waals surface area contributed by atoms with Crippen LogP contribution in [0.5, 0.6) is 0 Å². The first kappa shape index (κ1) is 5.89. The van der Waals surface area contributed by atoms with Gasteiger partial charge in [0.05, 0.1) is 0 Å². The average molecular weight is 119 g/mol. The highest BCUT2D eigenvalue weighted by atomic mass is 14.7.